The van der Waals surface area contributed by atoms with Crippen molar-refractivity contribution in [1.29, 1.82) is 0 Å². The summed E-state index contributed by atoms with van der Waals surface area (Å²) in [5.74, 6) is -0.444. The quantitative estimate of drug-likeness (QED) is 0.555. The second kappa shape index (κ2) is 6.49. The molecule has 0 aliphatic rings. The molecule has 1 aromatic heterocycles. The summed E-state index contributed by atoms with van der Waals surface area (Å²) >= 11 is 0. The first kappa shape index (κ1) is 12.1. The van der Waals surface area contributed by atoms with E-state index in [0.29, 0.717) is 25.2 Å². The predicted octanol–water partition coefficient (Wildman–Crippen LogP) is -0.887. The lowest BCUT2D eigenvalue weighted by Crippen LogP contribution is -2.25. The van der Waals surface area contributed by atoms with E-state index in [-0.39, 0.29) is 18.7 Å². The van der Waals surface area contributed by atoms with Gasteiger partial charge in [-0.15, -0.1) is 5.10 Å². The van der Waals surface area contributed by atoms with E-state index in [1.165, 1.54) is 0 Å². The number of carboxylic acids is 1. The Morgan fingerprint density at radius 1 is 1.38 bits per heavy atom. The lowest BCUT2D eigenvalue weighted by molar-refractivity contribution is -0.137. The number of tetrazole rings is 1. The fraction of sp³-hybridized carbons (Fsp3) is 0.625. The van der Waals surface area contributed by atoms with E-state index >= 15 is 0 Å². The van der Waals surface area contributed by atoms with Gasteiger partial charge in [-0.2, -0.15) is 0 Å². The maximum atomic E-state index is 11.2. The van der Waals surface area contributed by atoms with E-state index in [9.17, 15) is 9.59 Å². The number of nitrogens with one attached hydrogen (secondary N) is 2. The Kier molecular flexibility index (Phi) is 4.90. The summed E-state index contributed by atoms with van der Waals surface area (Å²) in [4.78, 5) is 21.4. The lowest BCUT2D eigenvalue weighted by Gasteiger charge is -2.02. The molecule has 0 aliphatic heterocycles. The number of aromatic nitrogens is 4. The van der Waals surface area contributed by atoms with Crippen molar-refractivity contribution in [2.24, 2.45) is 0 Å². The number of carbonyl (C=O) groups excluding carboxylic acids is 1. The second-order valence-electron chi connectivity index (χ2n) is 3.20. The molecule has 0 radical (unpaired) electrons. The molecule has 0 saturated carbocycles. The summed E-state index contributed by atoms with van der Waals surface area (Å²) in [5, 5.41) is 24.0. The zero-order valence-corrected chi connectivity index (χ0v) is 8.64. The number of aliphatic carboxylic acids is 1. The molecule has 16 heavy (non-hydrogen) atoms. The smallest absolute Gasteiger partial charge is 0.303 e. The topological polar surface area (TPSA) is 121 Å². The van der Waals surface area contributed by atoms with Gasteiger partial charge in [0.15, 0.2) is 0 Å². The van der Waals surface area contributed by atoms with Gasteiger partial charge in [-0.05, 0) is 16.8 Å². The molecule has 1 amide bonds. The summed E-state index contributed by atoms with van der Waals surface area (Å²) in [7, 11) is 0. The molecule has 0 aromatic carbocycles. The van der Waals surface area contributed by atoms with E-state index in [2.05, 4.69) is 25.9 Å². The molecule has 1 rings (SSSR count). The molecular weight excluding hydrogens is 214 g/mol. The van der Waals surface area contributed by atoms with Gasteiger partial charge in [0.1, 0.15) is 5.82 Å². The van der Waals surface area contributed by atoms with E-state index in [4.69, 9.17) is 5.11 Å². The molecular formula is C8H13N5O3. The van der Waals surface area contributed by atoms with Crippen molar-refractivity contribution >= 4 is 11.9 Å². The Hall–Kier alpha value is -1.99. The van der Waals surface area contributed by atoms with Gasteiger partial charge in [0.05, 0.1) is 0 Å². The number of carboxylic acid groups (broad SMARTS) is 1. The van der Waals surface area contributed by atoms with Crippen molar-refractivity contribution in [1.82, 2.24) is 25.9 Å². The average molecular weight is 227 g/mol. The minimum atomic E-state index is -0.888. The SMILES string of the molecule is O=C(O)CCCC(=O)NCCc1nnn[nH]1. The van der Waals surface area contributed by atoms with Crippen molar-refractivity contribution in [3.63, 3.8) is 0 Å². The van der Waals surface area contributed by atoms with Crippen molar-refractivity contribution in [3.8, 4) is 0 Å². The Morgan fingerprint density at radius 3 is 2.81 bits per heavy atom. The summed E-state index contributed by atoms with van der Waals surface area (Å²) < 4.78 is 0. The molecule has 1 heterocycles. The van der Waals surface area contributed by atoms with Crippen molar-refractivity contribution in [2.45, 2.75) is 25.7 Å². The molecule has 0 fully saturated rings. The molecule has 0 unspecified atom stereocenters. The number of amides is 1. The van der Waals surface area contributed by atoms with Crippen molar-refractivity contribution < 1.29 is 14.7 Å². The summed E-state index contributed by atoms with van der Waals surface area (Å²) in [6.45, 7) is 0.433. The van der Waals surface area contributed by atoms with Crippen LogP contribution in [-0.4, -0.2) is 44.2 Å². The van der Waals surface area contributed by atoms with Gasteiger partial charge >= 0.3 is 5.97 Å². The van der Waals surface area contributed by atoms with Gasteiger partial charge in [0.2, 0.25) is 5.91 Å². The fourth-order valence-corrected chi connectivity index (χ4v) is 1.09. The second-order valence-corrected chi connectivity index (χ2v) is 3.20. The van der Waals surface area contributed by atoms with E-state index < -0.39 is 5.97 Å². The minimum absolute atomic E-state index is 0.0133. The van der Waals surface area contributed by atoms with Gasteiger partial charge in [0, 0.05) is 25.8 Å². The highest BCUT2D eigenvalue weighted by Crippen LogP contribution is 1.95. The number of rotatable bonds is 7. The number of hydrogen-bond donors (Lipinski definition) is 3. The van der Waals surface area contributed by atoms with Gasteiger partial charge in [0.25, 0.3) is 0 Å². The third kappa shape index (κ3) is 5.03. The van der Waals surface area contributed by atoms with Gasteiger partial charge in [-0.25, -0.2) is 5.10 Å². The number of H-pyrrole nitrogens is 1. The molecule has 0 aliphatic carbocycles. The van der Waals surface area contributed by atoms with Gasteiger partial charge in [-0.1, -0.05) is 0 Å². The minimum Gasteiger partial charge on any atom is -0.481 e. The summed E-state index contributed by atoms with van der Waals surface area (Å²) in [5.41, 5.74) is 0. The maximum Gasteiger partial charge on any atom is 0.303 e. The third-order valence-electron chi connectivity index (χ3n) is 1.87. The first-order valence-electron chi connectivity index (χ1n) is 4.89. The van der Waals surface area contributed by atoms with Crippen molar-refractivity contribution in [2.75, 3.05) is 6.54 Å². The van der Waals surface area contributed by atoms with Crippen LogP contribution in [0.15, 0.2) is 0 Å². The largest absolute Gasteiger partial charge is 0.481 e. The Labute approximate surface area is 91.4 Å². The normalized spacial score (nSPS) is 10.0. The molecule has 3 N–H and O–H groups in total. The van der Waals surface area contributed by atoms with Crippen LogP contribution in [0.2, 0.25) is 0 Å². The molecule has 0 atom stereocenters. The van der Waals surface area contributed by atoms with Crippen LogP contribution in [0.3, 0.4) is 0 Å². The first-order valence-corrected chi connectivity index (χ1v) is 4.89. The Balaban J connectivity index is 2.04. The maximum absolute atomic E-state index is 11.2. The zero-order chi connectivity index (χ0) is 11.8. The van der Waals surface area contributed by atoms with Crippen LogP contribution in [0.25, 0.3) is 0 Å². The summed E-state index contributed by atoms with van der Waals surface area (Å²) in [6, 6.07) is 0. The summed E-state index contributed by atoms with van der Waals surface area (Å²) in [6.07, 6.45) is 1.11. The number of carbonyl (C=O) groups is 2. The van der Waals surface area contributed by atoms with Crippen molar-refractivity contribution in [3.05, 3.63) is 5.82 Å². The first-order chi connectivity index (χ1) is 7.68. The lowest BCUT2D eigenvalue weighted by atomic mass is 10.2. The monoisotopic (exact) mass is 227 g/mol. The highest BCUT2D eigenvalue weighted by Gasteiger charge is 2.04. The number of nitrogens with zero attached hydrogens (tertiary/aromatic N) is 3. The molecule has 8 nitrogen and oxygen atoms in total. The van der Waals surface area contributed by atoms with Crippen LogP contribution < -0.4 is 5.32 Å². The van der Waals surface area contributed by atoms with E-state index in [1.54, 1.807) is 0 Å². The third-order valence-corrected chi connectivity index (χ3v) is 1.87. The molecule has 0 spiro atoms. The van der Waals surface area contributed by atoms with Crippen LogP contribution in [0.1, 0.15) is 25.1 Å². The molecule has 1 aromatic rings. The number of aromatic amines is 1. The van der Waals surface area contributed by atoms with Crippen LogP contribution in [-0.2, 0) is 16.0 Å². The average Bonchev–Trinajstić information content (AvgIpc) is 2.70. The standard InChI is InChI=1S/C8H13N5O3/c14-7(2-1-3-8(15)16)9-5-4-6-10-12-13-11-6/h1-5H2,(H,9,14)(H,15,16)(H,10,11,12,13). The van der Waals surface area contributed by atoms with Gasteiger partial charge < -0.3 is 10.4 Å². The molecule has 88 valence electrons. The van der Waals surface area contributed by atoms with Crippen LogP contribution in [0.5, 0.6) is 0 Å². The van der Waals surface area contributed by atoms with Crippen LogP contribution >= 0.6 is 0 Å². The molecule has 0 saturated heterocycles. The van der Waals surface area contributed by atoms with Gasteiger partial charge in [-0.3, -0.25) is 9.59 Å². The Morgan fingerprint density at radius 2 is 2.19 bits per heavy atom. The molecule has 0 bridgehead atoms. The van der Waals surface area contributed by atoms with Crippen LogP contribution in [0, 0.1) is 0 Å². The zero-order valence-electron chi connectivity index (χ0n) is 8.64. The highest BCUT2D eigenvalue weighted by atomic mass is 16.4. The Bertz CT molecular complexity index is 337. The van der Waals surface area contributed by atoms with Crippen LogP contribution in [0.4, 0.5) is 0 Å². The number of hydrogen-bond acceptors (Lipinski definition) is 5. The van der Waals surface area contributed by atoms with E-state index in [1.807, 2.05) is 0 Å². The molecule has 8 heteroatoms. The highest BCUT2D eigenvalue weighted by molar-refractivity contribution is 5.76. The van der Waals surface area contributed by atoms with E-state index in [0.717, 1.165) is 0 Å². The predicted molar refractivity (Wildman–Crippen MR) is 52.4 cm³/mol. The fourth-order valence-electron chi connectivity index (χ4n) is 1.09.